The Labute approximate surface area is 124 Å². The number of alkyl halides is 1. The molecule has 1 aliphatic carbocycles. The van der Waals surface area contributed by atoms with Crippen molar-refractivity contribution in [3.63, 3.8) is 0 Å². The lowest BCUT2D eigenvalue weighted by atomic mass is 9.72. The van der Waals surface area contributed by atoms with Crippen LogP contribution < -0.4 is 0 Å². The van der Waals surface area contributed by atoms with Crippen molar-refractivity contribution in [1.29, 1.82) is 0 Å². The normalized spacial score (nSPS) is 26.1. The topological polar surface area (TPSA) is 17.1 Å². The van der Waals surface area contributed by atoms with Crippen LogP contribution in [0.25, 0.3) is 0 Å². The highest BCUT2D eigenvalue weighted by Crippen LogP contribution is 2.36. The summed E-state index contributed by atoms with van der Waals surface area (Å²) < 4.78 is 0. The number of ketones is 1. The van der Waals surface area contributed by atoms with E-state index >= 15 is 0 Å². The summed E-state index contributed by atoms with van der Waals surface area (Å²) in [4.78, 5) is 12.8. The maximum absolute atomic E-state index is 12.8. The van der Waals surface area contributed by atoms with Crippen molar-refractivity contribution in [2.45, 2.75) is 56.8 Å². The third-order valence-corrected chi connectivity index (χ3v) is 5.30. The van der Waals surface area contributed by atoms with Gasteiger partial charge in [-0.2, -0.15) is 0 Å². The molecule has 2 heteroatoms. The zero-order valence-corrected chi connectivity index (χ0v) is 13.1. The first-order valence-corrected chi connectivity index (χ1v) is 8.56. The summed E-state index contributed by atoms with van der Waals surface area (Å²) in [5.41, 5.74) is 0.899. The van der Waals surface area contributed by atoms with Gasteiger partial charge < -0.3 is 0 Å². The predicted molar refractivity (Wildman–Crippen MR) is 83.9 cm³/mol. The SMILES string of the molecule is O=C1CCCCCCCCC1(CBr)c1ccccc1. The summed E-state index contributed by atoms with van der Waals surface area (Å²) in [6.45, 7) is 0. The van der Waals surface area contributed by atoms with Crippen LogP contribution in [-0.2, 0) is 10.2 Å². The van der Waals surface area contributed by atoms with Gasteiger partial charge in [0.25, 0.3) is 0 Å². The number of Topliss-reactive ketones (excluding diaryl/α,β-unsaturated/α-hetero) is 1. The fraction of sp³-hybridized carbons (Fsp3) is 0.588. The summed E-state index contributed by atoms with van der Waals surface area (Å²) in [5, 5.41) is 0.753. The van der Waals surface area contributed by atoms with Crippen molar-refractivity contribution in [3.05, 3.63) is 35.9 Å². The standard InChI is InChI=1S/C17H23BrO/c18-14-17(15-10-6-5-7-11-15)13-9-4-2-1-3-8-12-16(17)19/h5-7,10-11H,1-4,8-9,12-14H2. The number of hydrogen-bond donors (Lipinski definition) is 0. The molecule has 1 saturated carbocycles. The molecule has 0 aliphatic heterocycles. The molecule has 0 amide bonds. The quantitative estimate of drug-likeness (QED) is 0.698. The Morgan fingerprint density at radius 2 is 1.58 bits per heavy atom. The zero-order valence-electron chi connectivity index (χ0n) is 11.5. The number of carbonyl (C=O) groups excluding carboxylic acids is 1. The lowest BCUT2D eigenvalue weighted by Gasteiger charge is -2.32. The van der Waals surface area contributed by atoms with Gasteiger partial charge in [0.15, 0.2) is 0 Å². The molecule has 104 valence electrons. The van der Waals surface area contributed by atoms with E-state index in [9.17, 15) is 4.79 Å². The average Bonchev–Trinajstić information content (AvgIpc) is 2.47. The molecule has 1 unspecified atom stereocenters. The predicted octanol–water partition coefficient (Wildman–Crippen LogP) is 5.02. The van der Waals surface area contributed by atoms with Crippen molar-refractivity contribution in [2.24, 2.45) is 0 Å². The van der Waals surface area contributed by atoms with Crippen molar-refractivity contribution < 1.29 is 4.79 Å². The van der Waals surface area contributed by atoms with E-state index in [0.29, 0.717) is 5.78 Å². The lowest BCUT2D eigenvalue weighted by molar-refractivity contribution is -0.124. The summed E-state index contributed by atoms with van der Waals surface area (Å²) in [6.07, 6.45) is 9.02. The third-order valence-electron chi connectivity index (χ3n) is 4.35. The van der Waals surface area contributed by atoms with E-state index < -0.39 is 0 Å². The van der Waals surface area contributed by atoms with Crippen LogP contribution >= 0.6 is 15.9 Å². The Morgan fingerprint density at radius 1 is 0.947 bits per heavy atom. The molecular formula is C17H23BrO. The van der Waals surface area contributed by atoms with Crippen LogP contribution in [0.4, 0.5) is 0 Å². The van der Waals surface area contributed by atoms with Crippen molar-refractivity contribution in [3.8, 4) is 0 Å². The lowest BCUT2D eigenvalue weighted by Crippen LogP contribution is -2.38. The van der Waals surface area contributed by atoms with Gasteiger partial charge in [0, 0.05) is 11.8 Å². The summed E-state index contributed by atoms with van der Waals surface area (Å²) in [5.74, 6) is 0.428. The van der Waals surface area contributed by atoms with Crippen molar-refractivity contribution in [2.75, 3.05) is 5.33 Å². The highest BCUT2D eigenvalue weighted by molar-refractivity contribution is 9.09. The number of carbonyl (C=O) groups is 1. The highest BCUT2D eigenvalue weighted by Gasteiger charge is 2.37. The van der Waals surface area contributed by atoms with E-state index in [4.69, 9.17) is 0 Å². The van der Waals surface area contributed by atoms with Crippen LogP contribution in [0.5, 0.6) is 0 Å². The largest absolute Gasteiger partial charge is 0.299 e. The summed E-state index contributed by atoms with van der Waals surface area (Å²) in [7, 11) is 0. The fourth-order valence-electron chi connectivity index (χ4n) is 3.08. The first kappa shape index (κ1) is 14.8. The van der Waals surface area contributed by atoms with Crippen molar-refractivity contribution in [1.82, 2.24) is 0 Å². The average molecular weight is 323 g/mol. The minimum absolute atomic E-state index is 0.293. The Hall–Kier alpha value is -0.630. The highest BCUT2D eigenvalue weighted by atomic mass is 79.9. The molecule has 0 aromatic heterocycles. The van der Waals surface area contributed by atoms with E-state index in [1.165, 1.54) is 31.2 Å². The van der Waals surface area contributed by atoms with Gasteiger partial charge in [-0.25, -0.2) is 0 Å². The fourth-order valence-corrected chi connectivity index (χ4v) is 4.00. The Balaban J connectivity index is 2.28. The molecule has 1 aromatic carbocycles. The van der Waals surface area contributed by atoms with Gasteiger partial charge in [-0.15, -0.1) is 0 Å². The van der Waals surface area contributed by atoms with E-state index in [-0.39, 0.29) is 5.41 Å². The van der Waals surface area contributed by atoms with Gasteiger partial charge in [0.1, 0.15) is 5.78 Å². The molecule has 0 heterocycles. The van der Waals surface area contributed by atoms with E-state index in [2.05, 4.69) is 28.1 Å². The maximum Gasteiger partial charge on any atom is 0.144 e. The van der Waals surface area contributed by atoms with Gasteiger partial charge in [0.2, 0.25) is 0 Å². The maximum atomic E-state index is 12.8. The smallest absolute Gasteiger partial charge is 0.144 e. The van der Waals surface area contributed by atoms with Crippen LogP contribution in [-0.4, -0.2) is 11.1 Å². The van der Waals surface area contributed by atoms with Crippen LogP contribution in [0, 0.1) is 0 Å². The molecule has 1 atom stereocenters. The number of halogens is 1. The molecule has 1 nitrogen and oxygen atoms in total. The Bertz CT molecular complexity index is 401. The van der Waals surface area contributed by atoms with Crippen LogP contribution in [0.15, 0.2) is 30.3 Å². The van der Waals surface area contributed by atoms with Crippen LogP contribution in [0.2, 0.25) is 0 Å². The van der Waals surface area contributed by atoms with E-state index in [1.54, 1.807) is 0 Å². The second-order valence-electron chi connectivity index (χ2n) is 5.63. The summed E-state index contributed by atoms with van der Waals surface area (Å²) >= 11 is 3.63. The number of benzene rings is 1. The molecule has 0 radical (unpaired) electrons. The second kappa shape index (κ2) is 7.23. The second-order valence-corrected chi connectivity index (χ2v) is 6.19. The molecule has 0 bridgehead atoms. The van der Waals surface area contributed by atoms with Crippen LogP contribution in [0.3, 0.4) is 0 Å². The molecule has 1 aliphatic rings. The minimum Gasteiger partial charge on any atom is -0.299 e. The van der Waals surface area contributed by atoms with E-state index in [1.807, 2.05) is 18.2 Å². The van der Waals surface area contributed by atoms with Gasteiger partial charge in [-0.1, -0.05) is 78.4 Å². The molecule has 0 N–H and O–H groups in total. The Morgan fingerprint density at radius 3 is 2.26 bits per heavy atom. The molecule has 0 spiro atoms. The van der Waals surface area contributed by atoms with Crippen molar-refractivity contribution >= 4 is 21.7 Å². The van der Waals surface area contributed by atoms with Gasteiger partial charge in [-0.3, -0.25) is 4.79 Å². The number of hydrogen-bond acceptors (Lipinski definition) is 1. The van der Waals surface area contributed by atoms with Crippen LogP contribution in [0.1, 0.15) is 56.9 Å². The number of rotatable bonds is 2. The zero-order chi connectivity index (χ0) is 13.6. The minimum atomic E-state index is -0.293. The summed E-state index contributed by atoms with van der Waals surface area (Å²) in [6, 6.07) is 10.4. The molecule has 19 heavy (non-hydrogen) atoms. The van der Waals surface area contributed by atoms with Gasteiger partial charge in [0.05, 0.1) is 5.41 Å². The molecular weight excluding hydrogens is 300 g/mol. The molecule has 0 saturated heterocycles. The van der Waals surface area contributed by atoms with Gasteiger partial charge in [-0.05, 0) is 18.4 Å². The molecule has 2 rings (SSSR count). The molecule has 1 fully saturated rings. The first-order chi connectivity index (χ1) is 9.29. The molecule has 1 aromatic rings. The van der Waals surface area contributed by atoms with Gasteiger partial charge >= 0.3 is 0 Å². The Kier molecular flexibility index (Phi) is 5.62. The third kappa shape index (κ3) is 3.47. The van der Waals surface area contributed by atoms with E-state index in [0.717, 1.165) is 31.0 Å². The monoisotopic (exact) mass is 322 g/mol. The first-order valence-electron chi connectivity index (χ1n) is 7.44.